The van der Waals surface area contributed by atoms with Crippen LogP contribution in [0, 0.1) is 5.41 Å². The van der Waals surface area contributed by atoms with Gasteiger partial charge in [0.2, 0.25) is 11.8 Å². The molecule has 0 bridgehead atoms. The van der Waals surface area contributed by atoms with E-state index in [2.05, 4.69) is 26.3 Å². The Labute approximate surface area is 156 Å². The third-order valence-electron chi connectivity index (χ3n) is 2.80. The smallest absolute Gasteiger partial charge is 0.239 e. The molecule has 0 saturated carbocycles. The van der Waals surface area contributed by atoms with E-state index < -0.39 is 5.41 Å². The monoisotopic (exact) mass is 441 g/mol. The molecule has 0 spiro atoms. The third-order valence-corrected chi connectivity index (χ3v) is 2.80. The van der Waals surface area contributed by atoms with Gasteiger partial charge in [-0.15, -0.1) is 24.0 Å². The lowest BCUT2D eigenvalue weighted by Gasteiger charge is -2.25. The van der Waals surface area contributed by atoms with Gasteiger partial charge in [-0.1, -0.05) is 0 Å². The SMILES string of the molecule is CCNC(=O)C(C)(C)CNC(=NC)NCC(=O)NC(C)(C)C.I. The van der Waals surface area contributed by atoms with Gasteiger partial charge in [0, 0.05) is 25.7 Å². The number of nitrogens with zero attached hydrogens (tertiary/aromatic N) is 1. The first kappa shape index (κ1) is 24.2. The van der Waals surface area contributed by atoms with Gasteiger partial charge in [-0.05, 0) is 41.5 Å². The Bertz CT molecular complexity index is 417. The molecule has 0 heterocycles. The molecule has 0 saturated heterocycles. The molecular formula is C15H32IN5O2. The number of carbonyl (C=O) groups excluding carboxylic acids is 2. The molecule has 0 aliphatic heterocycles. The number of nitrogens with one attached hydrogen (secondary N) is 4. The zero-order valence-corrected chi connectivity index (χ0v) is 17.6. The van der Waals surface area contributed by atoms with E-state index in [4.69, 9.17) is 0 Å². The van der Waals surface area contributed by atoms with Crippen molar-refractivity contribution in [2.45, 2.75) is 47.1 Å². The number of aliphatic imine (C=N–C) groups is 1. The number of carbonyl (C=O) groups is 2. The fourth-order valence-corrected chi connectivity index (χ4v) is 1.63. The van der Waals surface area contributed by atoms with Crippen LogP contribution in [-0.4, -0.2) is 50.0 Å². The largest absolute Gasteiger partial charge is 0.356 e. The van der Waals surface area contributed by atoms with Crippen molar-refractivity contribution in [2.24, 2.45) is 10.4 Å². The Morgan fingerprint density at radius 2 is 1.57 bits per heavy atom. The zero-order valence-electron chi connectivity index (χ0n) is 15.3. The van der Waals surface area contributed by atoms with Crippen LogP contribution in [0.3, 0.4) is 0 Å². The van der Waals surface area contributed by atoms with Crippen molar-refractivity contribution < 1.29 is 9.59 Å². The maximum atomic E-state index is 11.9. The summed E-state index contributed by atoms with van der Waals surface area (Å²) < 4.78 is 0. The quantitative estimate of drug-likeness (QED) is 0.279. The molecule has 0 aromatic carbocycles. The van der Waals surface area contributed by atoms with Gasteiger partial charge in [0.1, 0.15) is 0 Å². The fourth-order valence-electron chi connectivity index (χ4n) is 1.63. The lowest BCUT2D eigenvalue weighted by atomic mass is 9.92. The summed E-state index contributed by atoms with van der Waals surface area (Å²) in [6.07, 6.45) is 0. The molecule has 0 rings (SSSR count). The third kappa shape index (κ3) is 11.2. The Hall–Kier alpha value is -1.06. The fraction of sp³-hybridized carbons (Fsp3) is 0.800. The van der Waals surface area contributed by atoms with Crippen LogP contribution in [0.5, 0.6) is 0 Å². The van der Waals surface area contributed by atoms with Gasteiger partial charge in [0.15, 0.2) is 5.96 Å². The number of rotatable bonds is 6. The highest BCUT2D eigenvalue weighted by Crippen LogP contribution is 2.13. The van der Waals surface area contributed by atoms with E-state index >= 15 is 0 Å². The molecule has 0 atom stereocenters. The second kappa shape index (κ2) is 10.7. The Morgan fingerprint density at radius 3 is 2.00 bits per heavy atom. The molecule has 2 amide bonds. The van der Waals surface area contributed by atoms with Gasteiger partial charge in [-0.3, -0.25) is 14.6 Å². The summed E-state index contributed by atoms with van der Waals surface area (Å²) in [5.74, 6) is 0.350. The maximum absolute atomic E-state index is 11.9. The molecular weight excluding hydrogens is 409 g/mol. The highest BCUT2D eigenvalue weighted by atomic mass is 127. The van der Waals surface area contributed by atoms with E-state index in [0.29, 0.717) is 19.0 Å². The first-order valence-electron chi connectivity index (χ1n) is 7.55. The van der Waals surface area contributed by atoms with Crippen LogP contribution >= 0.6 is 24.0 Å². The summed E-state index contributed by atoms with van der Waals surface area (Å²) in [7, 11) is 1.62. The predicted octanol–water partition coefficient (Wildman–Crippen LogP) is 0.846. The van der Waals surface area contributed by atoms with Gasteiger partial charge in [-0.25, -0.2) is 0 Å². The predicted molar refractivity (Wildman–Crippen MR) is 105 cm³/mol. The zero-order chi connectivity index (χ0) is 17.4. The Morgan fingerprint density at radius 1 is 1.00 bits per heavy atom. The van der Waals surface area contributed by atoms with E-state index in [1.165, 1.54) is 0 Å². The summed E-state index contributed by atoms with van der Waals surface area (Å²) in [6.45, 7) is 12.5. The van der Waals surface area contributed by atoms with E-state index in [9.17, 15) is 9.59 Å². The molecule has 0 aromatic heterocycles. The highest BCUT2D eigenvalue weighted by Gasteiger charge is 2.27. The van der Waals surface area contributed by atoms with Gasteiger partial charge in [0.25, 0.3) is 0 Å². The number of halogens is 1. The lowest BCUT2D eigenvalue weighted by molar-refractivity contribution is -0.129. The molecule has 0 radical (unpaired) electrons. The molecule has 0 aliphatic rings. The number of hydrogen-bond donors (Lipinski definition) is 4. The summed E-state index contributed by atoms with van der Waals surface area (Å²) in [5.41, 5.74) is -0.836. The lowest BCUT2D eigenvalue weighted by Crippen LogP contribution is -2.51. The summed E-state index contributed by atoms with van der Waals surface area (Å²) in [5, 5.41) is 11.7. The summed E-state index contributed by atoms with van der Waals surface area (Å²) in [4.78, 5) is 27.7. The minimum atomic E-state index is -0.568. The molecule has 136 valence electrons. The van der Waals surface area contributed by atoms with E-state index in [1.54, 1.807) is 7.05 Å². The van der Waals surface area contributed by atoms with Crippen molar-refractivity contribution in [1.82, 2.24) is 21.3 Å². The first-order valence-corrected chi connectivity index (χ1v) is 7.55. The van der Waals surface area contributed by atoms with E-state index in [0.717, 1.165) is 0 Å². The van der Waals surface area contributed by atoms with Crippen LogP contribution in [0.2, 0.25) is 0 Å². The van der Waals surface area contributed by atoms with Gasteiger partial charge < -0.3 is 21.3 Å². The van der Waals surface area contributed by atoms with Crippen LogP contribution in [0.4, 0.5) is 0 Å². The average Bonchev–Trinajstić information content (AvgIpc) is 2.37. The van der Waals surface area contributed by atoms with Gasteiger partial charge in [-0.2, -0.15) is 0 Å². The van der Waals surface area contributed by atoms with Gasteiger partial charge in [0.05, 0.1) is 12.0 Å². The van der Waals surface area contributed by atoms with Crippen LogP contribution in [0.1, 0.15) is 41.5 Å². The van der Waals surface area contributed by atoms with Crippen LogP contribution in [0.15, 0.2) is 4.99 Å². The topological polar surface area (TPSA) is 94.6 Å². The molecule has 0 aromatic rings. The second-order valence-electron chi connectivity index (χ2n) is 6.82. The number of amides is 2. The molecule has 23 heavy (non-hydrogen) atoms. The number of hydrogen-bond acceptors (Lipinski definition) is 3. The summed E-state index contributed by atoms with van der Waals surface area (Å²) >= 11 is 0. The second-order valence-corrected chi connectivity index (χ2v) is 6.82. The van der Waals surface area contributed by atoms with Crippen molar-refractivity contribution in [3.8, 4) is 0 Å². The van der Waals surface area contributed by atoms with Crippen molar-refractivity contribution in [3.05, 3.63) is 0 Å². The molecule has 8 heteroatoms. The van der Waals surface area contributed by atoms with Crippen LogP contribution in [-0.2, 0) is 9.59 Å². The normalized spacial score (nSPS) is 12.0. The molecule has 0 fully saturated rings. The van der Waals surface area contributed by atoms with Crippen molar-refractivity contribution in [3.63, 3.8) is 0 Å². The summed E-state index contributed by atoms with van der Waals surface area (Å²) in [6, 6.07) is 0. The first-order chi connectivity index (χ1) is 10.0. The van der Waals surface area contributed by atoms with Crippen molar-refractivity contribution in [1.29, 1.82) is 0 Å². The van der Waals surface area contributed by atoms with E-state index in [-0.39, 0.29) is 47.9 Å². The minimum absolute atomic E-state index is 0. The van der Waals surface area contributed by atoms with Crippen LogP contribution < -0.4 is 21.3 Å². The average molecular weight is 441 g/mol. The molecule has 7 nitrogen and oxygen atoms in total. The van der Waals surface area contributed by atoms with E-state index in [1.807, 2.05) is 41.5 Å². The Kier molecular flexibility index (Phi) is 11.2. The minimum Gasteiger partial charge on any atom is -0.356 e. The molecule has 4 N–H and O–H groups in total. The standard InChI is InChI=1S/C15H31N5O2.HI/c1-8-17-12(22)15(5,6)10-19-13(16-7)18-9-11(21)20-14(2,3)4;/h8-10H2,1-7H3,(H,17,22)(H,20,21)(H2,16,18,19);1H. The molecule has 0 unspecified atom stereocenters. The van der Waals surface area contributed by atoms with Gasteiger partial charge >= 0.3 is 0 Å². The number of guanidine groups is 1. The van der Waals surface area contributed by atoms with Crippen LogP contribution in [0.25, 0.3) is 0 Å². The van der Waals surface area contributed by atoms with Crippen molar-refractivity contribution >= 4 is 41.8 Å². The van der Waals surface area contributed by atoms with Crippen molar-refractivity contribution in [2.75, 3.05) is 26.7 Å². The Balaban J connectivity index is 0. The highest BCUT2D eigenvalue weighted by molar-refractivity contribution is 14.0. The molecule has 0 aliphatic carbocycles. The maximum Gasteiger partial charge on any atom is 0.239 e.